The first-order valence-electron chi connectivity index (χ1n) is 16.9. The first-order valence-corrected chi connectivity index (χ1v) is 18.1. The van der Waals surface area contributed by atoms with E-state index in [1.807, 2.05) is 0 Å². The van der Waals surface area contributed by atoms with E-state index in [0.717, 1.165) is 39.4 Å². The highest BCUT2D eigenvalue weighted by Gasteiger charge is 2.08. The molecule has 0 spiro atoms. The zero-order valence-corrected chi connectivity index (χ0v) is 29.9. The van der Waals surface area contributed by atoms with E-state index in [0.29, 0.717) is 0 Å². The maximum atomic E-state index is 5.10. The summed E-state index contributed by atoms with van der Waals surface area (Å²) in [5, 5.41) is 3.27. The molecule has 0 unspecified atom stereocenters. The highest BCUT2D eigenvalue weighted by atomic mass is 32.2. The standard InChI is InChI=1S/C6H14N2.C6H13N.C5H12N2.C5H11NO.C5H11NS.C5H11N/c1-7-3-5-8(2)6-4-7;1-7-5-3-2-4-6-7;1-7-4-2-6-3-5-7;2*1-6-2-4-7-5-3-6;1-6-4-2-3-5-6/h3-6H2,1-2H3;2-6H2,1H3;6H,2-5H2,1H3;2*2-5H2,1H3;2-5H2,1H3. The fourth-order valence-electron chi connectivity index (χ4n) is 4.92. The Balaban J connectivity index is 0.000000252. The van der Waals surface area contributed by atoms with Gasteiger partial charge >= 0.3 is 0 Å². The van der Waals surface area contributed by atoms with Crippen molar-refractivity contribution in [1.82, 2.24) is 39.6 Å². The molecule has 6 aliphatic rings. The molecule has 10 heteroatoms. The number of hydrogen-bond acceptors (Lipinski definition) is 10. The van der Waals surface area contributed by atoms with Crippen molar-refractivity contribution in [2.75, 3.05) is 179 Å². The molecule has 252 valence electrons. The minimum absolute atomic E-state index is 0.913. The van der Waals surface area contributed by atoms with Gasteiger partial charge in [-0.3, -0.25) is 0 Å². The number of piperidine rings is 1. The van der Waals surface area contributed by atoms with Crippen LogP contribution in [0.2, 0.25) is 0 Å². The Morgan fingerprint density at radius 3 is 0.952 bits per heavy atom. The summed E-state index contributed by atoms with van der Waals surface area (Å²) in [5.74, 6) is 2.66. The van der Waals surface area contributed by atoms with E-state index in [1.54, 1.807) is 0 Å². The minimum atomic E-state index is 0.913. The Bertz CT molecular complexity index is 481. The summed E-state index contributed by atoms with van der Waals surface area (Å²) in [6.07, 6.45) is 7.10. The van der Waals surface area contributed by atoms with E-state index in [4.69, 9.17) is 4.74 Å². The average Bonchev–Trinajstić information content (AvgIpc) is 3.49. The summed E-state index contributed by atoms with van der Waals surface area (Å²) in [5.41, 5.74) is 0. The topological polar surface area (TPSA) is 43.9 Å². The van der Waals surface area contributed by atoms with Crippen LogP contribution in [0.5, 0.6) is 0 Å². The van der Waals surface area contributed by atoms with Crippen LogP contribution in [0.25, 0.3) is 0 Å². The molecule has 6 saturated heterocycles. The quantitative estimate of drug-likeness (QED) is 0.436. The molecule has 0 aliphatic carbocycles. The number of morpholine rings is 1. The summed E-state index contributed by atoms with van der Waals surface area (Å²) in [6, 6.07) is 0. The lowest BCUT2D eigenvalue weighted by Crippen LogP contribution is -2.42. The van der Waals surface area contributed by atoms with E-state index in [2.05, 4.69) is 101 Å². The third kappa shape index (κ3) is 25.3. The predicted molar refractivity (Wildman–Crippen MR) is 187 cm³/mol. The van der Waals surface area contributed by atoms with Crippen LogP contribution in [-0.2, 0) is 4.74 Å². The van der Waals surface area contributed by atoms with E-state index >= 15 is 0 Å². The largest absolute Gasteiger partial charge is 0.379 e. The number of ether oxygens (including phenoxy) is 1. The monoisotopic (exact) mass is 617 g/mol. The predicted octanol–water partition coefficient (Wildman–Crippen LogP) is 1.81. The van der Waals surface area contributed by atoms with Gasteiger partial charge in [-0.05, 0) is 101 Å². The van der Waals surface area contributed by atoms with Crippen molar-refractivity contribution in [3.05, 3.63) is 0 Å². The van der Waals surface area contributed by atoms with Gasteiger partial charge in [0.05, 0.1) is 13.2 Å². The van der Waals surface area contributed by atoms with Crippen LogP contribution in [0.15, 0.2) is 0 Å². The summed E-state index contributed by atoms with van der Waals surface area (Å²) >= 11 is 2.06. The van der Waals surface area contributed by atoms with E-state index in [-0.39, 0.29) is 0 Å². The number of nitrogens with one attached hydrogen (secondary N) is 1. The van der Waals surface area contributed by atoms with Crippen molar-refractivity contribution in [2.45, 2.75) is 32.1 Å². The molecule has 0 bridgehead atoms. The zero-order chi connectivity index (χ0) is 30.8. The second-order valence-corrected chi connectivity index (χ2v) is 14.1. The molecule has 0 atom stereocenters. The SMILES string of the molecule is CN1CCCC1.CN1CCCCC1.CN1CCN(C)CC1.CN1CCNCC1.CN1CCOCC1.CN1CCSCC1. The molecule has 0 aromatic heterocycles. The molecule has 9 nitrogen and oxygen atoms in total. The lowest BCUT2D eigenvalue weighted by atomic mass is 10.1. The van der Waals surface area contributed by atoms with Gasteiger partial charge in [0.1, 0.15) is 0 Å². The number of thioether (sulfide) groups is 1. The van der Waals surface area contributed by atoms with Gasteiger partial charge in [0.25, 0.3) is 0 Å². The molecule has 6 aliphatic heterocycles. The number of nitrogens with zero attached hydrogens (tertiary/aromatic N) is 7. The van der Waals surface area contributed by atoms with Crippen molar-refractivity contribution in [1.29, 1.82) is 0 Å². The Kier molecular flexibility index (Phi) is 26.0. The highest BCUT2D eigenvalue weighted by Crippen LogP contribution is 2.06. The van der Waals surface area contributed by atoms with Gasteiger partial charge in [0, 0.05) is 90.0 Å². The first-order chi connectivity index (χ1) is 20.3. The maximum Gasteiger partial charge on any atom is 0.0594 e. The Morgan fingerprint density at radius 2 is 0.714 bits per heavy atom. The molecular formula is C32H72N8OS. The van der Waals surface area contributed by atoms with Crippen LogP contribution in [0.4, 0.5) is 0 Å². The van der Waals surface area contributed by atoms with Gasteiger partial charge < -0.3 is 44.4 Å². The van der Waals surface area contributed by atoms with Crippen molar-refractivity contribution in [3.63, 3.8) is 0 Å². The third-order valence-corrected chi connectivity index (χ3v) is 9.39. The molecule has 0 saturated carbocycles. The van der Waals surface area contributed by atoms with Gasteiger partial charge in [0.15, 0.2) is 0 Å². The van der Waals surface area contributed by atoms with Crippen molar-refractivity contribution >= 4 is 11.8 Å². The number of likely N-dealkylation sites (N-methyl/N-ethyl adjacent to an activating group) is 4. The van der Waals surface area contributed by atoms with E-state index in [1.165, 1.54) is 122 Å². The average molecular weight is 617 g/mol. The Labute approximate surface area is 266 Å². The number of likely N-dealkylation sites (tertiary alicyclic amines) is 2. The summed E-state index contributed by atoms with van der Waals surface area (Å²) in [7, 11) is 15.2. The van der Waals surface area contributed by atoms with E-state index < -0.39 is 0 Å². The molecule has 6 fully saturated rings. The van der Waals surface area contributed by atoms with Crippen molar-refractivity contribution < 1.29 is 4.74 Å². The van der Waals surface area contributed by atoms with Crippen molar-refractivity contribution in [3.8, 4) is 0 Å². The normalized spacial score (nSPS) is 25.5. The van der Waals surface area contributed by atoms with Gasteiger partial charge in [0.2, 0.25) is 0 Å². The molecule has 0 amide bonds. The molecule has 1 N–H and O–H groups in total. The molecule has 0 aromatic rings. The second kappa shape index (κ2) is 27.3. The number of piperazine rings is 2. The fraction of sp³-hybridized carbons (Fsp3) is 1.00. The molecular weight excluding hydrogens is 544 g/mol. The highest BCUT2D eigenvalue weighted by molar-refractivity contribution is 7.99. The molecule has 6 heterocycles. The van der Waals surface area contributed by atoms with Crippen LogP contribution in [0.3, 0.4) is 0 Å². The van der Waals surface area contributed by atoms with Gasteiger partial charge in [-0.2, -0.15) is 11.8 Å². The molecule has 6 rings (SSSR count). The Hall–Kier alpha value is -0.0100. The van der Waals surface area contributed by atoms with Gasteiger partial charge in [-0.15, -0.1) is 0 Å². The first kappa shape index (κ1) is 40.0. The van der Waals surface area contributed by atoms with Crippen molar-refractivity contribution in [2.24, 2.45) is 0 Å². The zero-order valence-electron chi connectivity index (χ0n) is 29.1. The maximum absolute atomic E-state index is 5.10. The van der Waals surface area contributed by atoms with Gasteiger partial charge in [-0.25, -0.2) is 0 Å². The fourth-order valence-corrected chi connectivity index (χ4v) is 6.01. The molecule has 0 radical (unpaired) electrons. The summed E-state index contributed by atoms with van der Waals surface area (Å²) in [4.78, 5) is 16.4. The van der Waals surface area contributed by atoms with Crippen LogP contribution in [0.1, 0.15) is 32.1 Å². The summed E-state index contributed by atoms with van der Waals surface area (Å²) < 4.78 is 5.10. The third-order valence-electron chi connectivity index (χ3n) is 8.45. The van der Waals surface area contributed by atoms with Gasteiger partial charge in [-0.1, -0.05) is 6.42 Å². The van der Waals surface area contributed by atoms with Crippen LogP contribution in [-0.4, -0.2) is 213 Å². The molecule has 42 heavy (non-hydrogen) atoms. The lowest BCUT2D eigenvalue weighted by molar-refractivity contribution is 0.0503. The van der Waals surface area contributed by atoms with Crippen LogP contribution >= 0.6 is 11.8 Å². The number of hydrogen-bond donors (Lipinski definition) is 1. The van der Waals surface area contributed by atoms with Crippen LogP contribution < -0.4 is 5.32 Å². The number of rotatable bonds is 0. The van der Waals surface area contributed by atoms with E-state index in [9.17, 15) is 0 Å². The second-order valence-electron chi connectivity index (χ2n) is 12.9. The Morgan fingerprint density at radius 1 is 0.381 bits per heavy atom. The molecule has 0 aromatic carbocycles. The smallest absolute Gasteiger partial charge is 0.0594 e. The minimum Gasteiger partial charge on any atom is -0.379 e. The van der Waals surface area contributed by atoms with Crippen LogP contribution in [0, 0.1) is 0 Å². The summed E-state index contributed by atoms with van der Waals surface area (Å²) in [6.45, 7) is 21.5. The lowest BCUT2D eigenvalue weighted by Gasteiger charge is -2.28.